The lowest BCUT2D eigenvalue weighted by Crippen LogP contribution is -2.32. The molecule has 172 valence electrons. The molecule has 0 saturated heterocycles. The highest BCUT2D eigenvalue weighted by Crippen LogP contribution is 2.27. The molecule has 0 saturated carbocycles. The number of amidine groups is 1. The average Bonchev–Trinajstić information content (AvgIpc) is 3.17. The minimum Gasteiger partial charge on any atom is -0.324 e. The normalized spacial score (nSPS) is 13.5. The summed E-state index contributed by atoms with van der Waals surface area (Å²) in [4.78, 5) is 17.2. The zero-order valence-corrected chi connectivity index (χ0v) is 20.4. The summed E-state index contributed by atoms with van der Waals surface area (Å²) in [6.45, 7) is 5.03. The van der Waals surface area contributed by atoms with Gasteiger partial charge in [0.05, 0.1) is 17.0 Å². The monoisotopic (exact) mass is 489 g/mol. The SMILES string of the molecule is CCCn1c2ccccc2c2nnc(SCC(=O)NC3=NNC(c4ccc(C)cc4)=CS3)nc21. The lowest BCUT2D eigenvalue weighted by molar-refractivity contribution is -0.117. The molecule has 5 rings (SSSR count). The smallest absolute Gasteiger partial charge is 0.236 e. The van der Waals surface area contributed by atoms with Gasteiger partial charge in [0, 0.05) is 22.9 Å². The summed E-state index contributed by atoms with van der Waals surface area (Å²) in [7, 11) is 0. The van der Waals surface area contributed by atoms with Crippen molar-refractivity contribution in [2.75, 3.05) is 5.75 Å². The van der Waals surface area contributed by atoms with E-state index >= 15 is 0 Å². The fourth-order valence-corrected chi connectivity index (χ4v) is 4.96. The highest BCUT2D eigenvalue weighted by Gasteiger charge is 2.16. The molecule has 4 aromatic rings. The molecule has 0 bridgehead atoms. The number of hydrazone groups is 1. The van der Waals surface area contributed by atoms with Crippen LogP contribution in [0.3, 0.4) is 0 Å². The summed E-state index contributed by atoms with van der Waals surface area (Å²) in [6.07, 6.45) is 0.983. The fraction of sp³-hybridized carbons (Fsp3) is 0.208. The van der Waals surface area contributed by atoms with Crippen LogP contribution in [0.1, 0.15) is 24.5 Å². The zero-order valence-electron chi connectivity index (χ0n) is 18.8. The molecule has 2 aromatic carbocycles. The number of fused-ring (bicyclic) bond motifs is 3. The van der Waals surface area contributed by atoms with Crippen LogP contribution in [0.4, 0.5) is 0 Å². The predicted molar refractivity (Wildman–Crippen MR) is 139 cm³/mol. The Balaban J connectivity index is 1.22. The van der Waals surface area contributed by atoms with Crippen molar-refractivity contribution in [1.82, 2.24) is 30.5 Å². The van der Waals surface area contributed by atoms with Crippen LogP contribution in [0, 0.1) is 6.92 Å². The number of amides is 1. The number of carbonyl (C=O) groups is 1. The second-order valence-corrected chi connectivity index (χ2v) is 9.62. The van der Waals surface area contributed by atoms with E-state index in [1.54, 1.807) is 0 Å². The number of aryl methyl sites for hydroxylation is 2. The molecule has 0 spiro atoms. The number of nitrogens with one attached hydrogen (secondary N) is 2. The Morgan fingerprint density at radius 3 is 2.74 bits per heavy atom. The van der Waals surface area contributed by atoms with E-state index in [-0.39, 0.29) is 11.7 Å². The van der Waals surface area contributed by atoms with Gasteiger partial charge in [-0.1, -0.05) is 78.5 Å². The second-order valence-electron chi connectivity index (χ2n) is 7.82. The number of hydrogen-bond acceptors (Lipinski definition) is 8. The Morgan fingerprint density at radius 1 is 1.15 bits per heavy atom. The van der Waals surface area contributed by atoms with E-state index in [0.29, 0.717) is 10.3 Å². The first-order valence-electron chi connectivity index (χ1n) is 10.9. The molecule has 0 atom stereocenters. The van der Waals surface area contributed by atoms with Crippen molar-refractivity contribution in [1.29, 1.82) is 0 Å². The zero-order chi connectivity index (χ0) is 23.5. The highest BCUT2D eigenvalue weighted by molar-refractivity contribution is 8.16. The lowest BCUT2D eigenvalue weighted by atomic mass is 10.1. The van der Waals surface area contributed by atoms with Gasteiger partial charge in [0.15, 0.2) is 10.8 Å². The molecule has 0 radical (unpaired) electrons. The molecule has 3 heterocycles. The van der Waals surface area contributed by atoms with Crippen molar-refractivity contribution in [3.63, 3.8) is 0 Å². The summed E-state index contributed by atoms with van der Waals surface area (Å²) in [5.74, 6) is -0.0157. The lowest BCUT2D eigenvalue weighted by Gasteiger charge is -2.14. The van der Waals surface area contributed by atoms with Gasteiger partial charge < -0.3 is 9.88 Å². The minimum absolute atomic E-state index is 0.162. The molecular weight excluding hydrogens is 466 g/mol. The van der Waals surface area contributed by atoms with Gasteiger partial charge in [-0.15, -0.1) is 15.3 Å². The van der Waals surface area contributed by atoms with Gasteiger partial charge in [-0.2, -0.15) is 0 Å². The van der Waals surface area contributed by atoms with Crippen LogP contribution >= 0.6 is 23.5 Å². The molecule has 1 amide bonds. The van der Waals surface area contributed by atoms with Crippen molar-refractivity contribution in [3.8, 4) is 0 Å². The van der Waals surface area contributed by atoms with Gasteiger partial charge in [0.2, 0.25) is 11.1 Å². The summed E-state index contributed by atoms with van der Waals surface area (Å²) < 4.78 is 2.17. The van der Waals surface area contributed by atoms with E-state index in [1.807, 2.05) is 35.7 Å². The van der Waals surface area contributed by atoms with Crippen molar-refractivity contribution < 1.29 is 4.79 Å². The third-order valence-corrected chi connectivity index (χ3v) is 6.92. The topological polar surface area (TPSA) is 97.1 Å². The van der Waals surface area contributed by atoms with E-state index in [2.05, 4.69) is 62.7 Å². The first kappa shape index (κ1) is 22.4. The molecule has 0 aliphatic carbocycles. The van der Waals surface area contributed by atoms with Gasteiger partial charge in [-0.3, -0.25) is 10.2 Å². The summed E-state index contributed by atoms with van der Waals surface area (Å²) in [5.41, 5.74) is 8.82. The third kappa shape index (κ3) is 4.64. The van der Waals surface area contributed by atoms with E-state index in [9.17, 15) is 4.79 Å². The van der Waals surface area contributed by atoms with Crippen molar-refractivity contribution in [2.24, 2.45) is 5.10 Å². The molecule has 1 aliphatic heterocycles. The van der Waals surface area contributed by atoms with Gasteiger partial charge in [-0.25, -0.2) is 4.98 Å². The number of hydrogen-bond donors (Lipinski definition) is 2. The summed E-state index contributed by atoms with van der Waals surface area (Å²) in [5, 5.41) is 19.7. The molecular formula is C24H23N7OS2. The quantitative estimate of drug-likeness (QED) is 0.385. The van der Waals surface area contributed by atoms with Gasteiger partial charge in [-0.05, 0) is 19.4 Å². The Morgan fingerprint density at radius 2 is 1.97 bits per heavy atom. The molecule has 0 unspecified atom stereocenters. The Hall–Kier alpha value is -3.37. The predicted octanol–water partition coefficient (Wildman–Crippen LogP) is 4.51. The molecule has 8 nitrogen and oxygen atoms in total. The van der Waals surface area contributed by atoms with Crippen molar-refractivity contribution in [2.45, 2.75) is 32.0 Å². The maximum absolute atomic E-state index is 12.5. The van der Waals surface area contributed by atoms with E-state index in [1.165, 1.54) is 29.1 Å². The number of benzene rings is 2. The van der Waals surface area contributed by atoms with Crippen LogP contribution in [0.15, 0.2) is 64.2 Å². The van der Waals surface area contributed by atoms with E-state index in [0.717, 1.165) is 46.3 Å². The molecule has 2 aromatic heterocycles. The maximum atomic E-state index is 12.5. The molecule has 1 aliphatic rings. The highest BCUT2D eigenvalue weighted by atomic mass is 32.2. The molecule has 34 heavy (non-hydrogen) atoms. The van der Waals surface area contributed by atoms with Gasteiger partial charge in [0.1, 0.15) is 5.52 Å². The standard InChI is InChI=1S/C24H23N7OS2/c1-3-12-31-19-7-5-4-6-17(19)21-22(31)26-24(30-28-21)34-14-20(32)25-23-29-27-18(13-33-23)16-10-8-15(2)9-11-16/h4-11,13,27H,3,12,14H2,1-2H3,(H,25,29,32). The van der Waals surface area contributed by atoms with Crippen LogP contribution in [-0.4, -0.2) is 36.6 Å². The van der Waals surface area contributed by atoms with Crippen LogP contribution in [-0.2, 0) is 11.3 Å². The van der Waals surface area contributed by atoms with E-state index < -0.39 is 0 Å². The molecule has 2 N–H and O–H groups in total. The Bertz CT molecular complexity index is 1430. The number of aromatic nitrogens is 4. The number of rotatable bonds is 6. The maximum Gasteiger partial charge on any atom is 0.236 e. The number of carbonyl (C=O) groups excluding carboxylic acids is 1. The summed E-state index contributed by atoms with van der Waals surface area (Å²) in [6, 6.07) is 16.3. The molecule has 10 heteroatoms. The Labute approximate surface area is 205 Å². The fourth-order valence-electron chi connectivity index (χ4n) is 3.69. The number of para-hydroxylation sites is 1. The Kier molecular flexibility index (Phi) is 6.50. The average molecular weight is 490 g/mol. The van der Waals surface area contributed by atoms with Crippen LogP contribution in [0.5, 0.6) is 0 Å². The number of nitrogens with zero attached hydrogens (tertiary/aromatic N) is 5. The first-order valence-corrected chi connectivity index (χ1v) is 12.8. The van der Waals surface area contributed by atoms with E-state index in [4.69, 9.17) is 4.98 Å². The van der Waals surface area contributed by atoms with Crippen molar-refractivity contribution >= 4 is 62.4 Å². The largest absolute Gasteiger partial charge is 0.324 e. The van der Waals surface area contributed by atoms with Crippen LogP contribution < -0.4 is 10.7 Å². The van der Waals surface area contributed by atoms with Crippen molar-refractivity contribution in [3.05, 3.63) is 65.1 Å². The van der Waals surface area contributed by atoms with Crippen LogP contribution in [0.25, 0.3) is 27.8 Å². The minimum atomic E-state index is -0.178. The summed E-state index contributed by atoms with van der Waals surface area (Å²) >= 11 is 2.63. The van der Waals surface area contributed by atoms with Crippen LogP contribution in [0.2, 0.25) is 0 Å². The number of thioether (sulfide) groups is 2. The van der Waals surface area contributed by atoms with Gasteiger partial charge in [0.25, 0.3) is 0 Å². The third-order valence-electron chi connectivity index (χ3n) is 5.31. The second kappa shape index (κ2) is 9.86. The molecule has 0 fully saturated rings. The van der Waals surface area contributed by atoms with Gasteiger partial charge >= 0.3 is 0 Å². The first-order chi connectivity index (χ1) is 16.6.